The topological polar surface area (TPSA) is 55.1 Å². The van der Waals surface area contributed by atoms with Crippen LogP contribution in [0.25, 0.3) is 5.57 Å². The fraction of sp³-hybridized carbons (Fsp3) is 0.278. The molecule has 0 amide bonds. The monoisotopic (exact) mass is 309 g/mol. The molecule has 5 heteroatoms. The van der Waals surface area contributed by atoms with E-state index in [4.69, 9.17) is 0 Å². The molecule has 0 saturated heterocycles. The molecule has 0 fully saturated rings. The first-order valence-electron chi connectivity index (χ1n) is 7.61. The molecule has 2 aromatic heterocycles. The second kappa shape index (κ2) is 7.54. The van der Waals surface area contributed by atoms with E-state index in [1.807, 2.05) is 51.6 Å². The van der Waals surface area contributed by atoms with Gasteiger partial charge >= 0.3 is 0 Å². The quantitative estimate of drug-likeness (QED) is 0.822. The van der Waals surface area contributed by atoms with Crippen molar-refractivity contribution >= 4 is 17.0 Å². The van der Waals surface area contributed by atoms with Gasteiger partial charge in [-0.25, -0.2) is 0 Å². The number of nitrogens with zero attached hydrogens (tertiary/aromatic N) is 4. The minimum absolute atomic E-state index is 0.772. The van der Waals surface area contributed by atoms with Crippen molar-refractivity contribution in [2.24, 2.45) is 12.0 Å². The Morgan fingerprint density at radius 2 is 2.26 bits per heavy atom. The smallest absolute Gasteiger partial charge is 0.0601 e. The van der Waals surface area contributed by atoms with Crippen molar-refractivity contribution in [3.05, 3.63) is 60.5 Å². The van der Waals surface area contributed by atoms with Gasteiger partial charge in [0.25, 0.3) is 0 Å². The molecule has 0 aromatic carbocycles. The number of anilines is 1. The van der Waals surface area contributed by atoms with Gasteiger partial charge in [-0.2, -0.15) is 5.10 Å². The lowest BCUT2D eigenvalue weighted by molar-refractivity contribution is 0.767. The lowest BCUT2D eigenvalue weighted by Crippen LogP contribution is -2.07. The molecular weight excluding hydrogens is 286 g/mol. The van der Waals surface area contributed by atoms with Crippen molar-refractivity contribution < 1.29 is 0 Å². The molecule has 0 aliphatic carbocycles. The molecule has 0 saturated carbocycles. The van der Waals surface area contributed by atoms with E-state index in [-0.39, 0.29) is 0 Å². The number of nitrogens with one attached hydrogen (secondary N) is 1. The first-order chi connectivity index (χ1) is 11.0. The molecule has 0 aliphatic rings. The van der Waals surface area contributed by atoms with Gasteiger partial charge in [0.15, 0.2) is 0 Å². The summed E-state index contributed by atoms with van der Waals surface area (Å²) < 4.78 is 1.79. The van der Waals surface area contributed by atoms with Crippen molar-refractivity contribution in [1.82, 2.24) is 14.8 Å². The SMILES string of the molecule is C=C(Nc1ccnc(C)c1)C(C)=N/C=C(\CC)c1cnn(C)c1. The van der Waals surface area contributed by atoms with E-state index in [0.717, 1.165) is 40.3 Å². The van der Waals surface area contributed by atoms with Gasteiger partial charge < -0.3 is 5.32 Å². The lowest BCUT2D eigenvalue weighted by Gasteiger charge is -2.09. The second-order valence-corrected chi connectivity index (χ2v) is 5.41. The minimum atomic E-state index is 0.772. The Morgan fingerprint density at radius 1 is 1.48 bits per heavy atom. The zero-order valence-electron chi connectivity index (χ0n) is 14.2. The predicted molar refractivity (Wildman–Crippen MR) is 96.3 cm³/mol. The van der Waals surface area contributed by atoms with Crippen LogP contribution in [0.1, 0.15) is 31.5 Å². The van der Waals surface area contributed by atoms with Gasteiger partial charge in [-0.15, -0.1) is 0 Å². The molecule has 2 rings (SSSR count). The van der Waals surface area contributed by atoms with Crippen molar-refractivity contribution in [2.45, 2.75) is 27.2 Å². The zero-order valence-corrected chi connectivity index (χ0v) is 14.2. The molecule has 2 aromatic rings. The summed E-state index contributed by atoms with van der Waals surface area (Å²) in [6.45, 7) is 10.1. The van der Waals surface area contributed by atoms with Crippen LogP contribution in [-0.2, 0) is 7.05 Å². The van der Waals surface area contributed by atoms with Crippen LogP contribution in [0.2, 0.25) is 0 Å². The van der Waals surface area contributed by atoms with Crippen LogP contribution in [0.5, 0.6) is 0 Å². The van der Waals surface area contributed by atoms with E-state index in [1.54, 1.807) is 10.9 Å². The third-order valence-electron chi connectivity index (χ3n) is 3.50. The average molecular weight is 309 g/mol. The summed E-state index contributed by atoms with van der Waals surface area (Å²) in [5.41, 5.74) is 5.77. The van der Waals surface area contributed by atoms with Crippen LogP contribution in [0.4, 0.5) is 5.69 Å². The first kappa shape index (κ1) is 16.7. The molecule has 0 spiro atoms. The molecule has 5 nitrogen and oxygen atoms in total. The summed E-state index contributed by atoms with van der Waals surface area (Å²) in [5, 5.41) is 7.46. The van der Waals surface area contributed by atoms with Gasteiger partial charge in [0.2, 0.25) is 0 Å². The van der Waals surface area contributed by atoms with Crippen molar-refractivity contribution in [2.75, 3.05) is 5.32 Å². The number of aromatic nitrogens is 3. The number of rotatable bonds is 6. The van der Waals surface area contributed by atoms with Gasteiger partial charge in [-0.05, 0) is 38.0 Å². The molecule has 0 bridgehead atoms. The molecule has 2 heterocycles. The van der Waals surface area contributed by atoms with Crippen molar-refractivity contribution in [3.8, 4) is 0 Å². The number of aliphatic imine (C=N–C) groups is 1. The van der Waals surface area contributed by atoms with Gasteiger partial charge in [0.1, 0.15) is 0 Å². The van der Waals surface area contributed by atoms with E-state index in [9.17, 15) is 0 Å². The van der Waals surface area contributed by atoms with Crippen LogP contribution in [0.15, 0.2) is 54.2 Å². The fourth-order valence-electron chi connectivity index (χ4n) is 2.10. The third kappa shape index (κ3) is 4.64. The van der Waals surface area contributed by atoms with Crippen LogP contribution in [-0.4, -0.2) is 20.5 Å². The average Bonchev–Trinajstić information content (AvgIpc) is 2.94. The normalized spacial score (nSPS) is 12.3. The Kier molecular flexibility index (Phi) is 5.46. The number of aryl methyl sites for hydroxylation is 2. The molecule has 0 unspecified atom stereocenters. The highest BCUT2D eigenvalue weighted by Crippen LogP contribution is 2.17. The van der Waals surface area contributed by atoms with Gasteiger partial charge in [0.05, 0.1) is 17.6 Å². The molecule has 23 heavy (non-hydrogen) atoms. The molecule has 120 valence electrons. The maximum atomic E-state index is 4.54. The van der Waals surface area contributed by atoms with Gasteiger partial charge in [-0.1, -0.05) is 13.5 Å². The highest BCUT2D eigenvalue weighted by molar-refractivity contribution is 6.00. The van der Waals surface area contributed by atoms with E-state index in [1.165, 1.54) is 0 Å². The van der Waals surface area contributed by atoms with E-state index in [2.05, 4.69) is 33.9 Å². The first-order valence-corrected chi connectivity index (χ1v) is 7.61. The van der Waals surface area contributed by atoms with Crippen molar-refractivity contribution in [1.29, 1.82) is 0 Å². The Morgan fingerprint density at radius 3 is 2.87 bits per heavy atom. The second-order valence-electron chi connectivity index (χ2n) is 5.41. The molecule has 0 atom stereocenters. The zero-order chi connectivity index (χ0) is 16.8. The summed E-state index contributed by atoms with van der Waals surface area (Å²) >= 11 is 0. The highest BCUT2D eigenvalue weighted by atomic mass is 15.2. The molecule has 0 radical (unpaired) electrons. The van der Waals surface area contributed by atoms with Crippen LogP contribution >= 0.6 is 0 Å². The van der Waals surface area contributed by atoms with Crippen LogP contribution in [0.3, 0.4) is 0 Å². The Balaban J connectivity index is 2.11. The standard InChI is InChI=1S/C18H23N5/c1-6-16(17-11-21-23(5)12-17)10-20-14(3)15(4)22-18-7-8-19-13(2)9-18/h7-12H,4,6H2,1-3,5H3,(H,19,22)/b16-10+,20-14?. The number of pyridine rings is 1. The largest absolute Gasteiger partial charge is 0.354 e. The summed E-state index contributed by atoms with van der Waals surface area (Å²) in [4.78, 5) is 8.72. The lowest BCUT2D eigenvalue weighted by atomic mass is 10.1. The number of hydrogen-bond acceptors (Lipinski definition) is 4. The highest BCUT2D eigenvalue weighted by Gasteiger charge is 2.03. The van der Waals surface area contributed by atoms with E-state index < -0.39 is 0 Å². The maximum Gasteiger partial charge on any atom is 0.0601 e. The van der Waals surface area contributed by atoms with E-state index in [0.29, 0.717) is 0 Å². The summed E-state index contributed by atoms with van der Waals surface area (Å²) in [5.74, 6) is 0. The van der Waals surface area contributed by atoms with Gasteiger partial charge in [-0.3, -0.25) is 14.7 Å². The van der Waals surface area contributed by atoms with Crippen LogP contribution in [0, 0.1) is 6.92 Å². The molecular formula is C18H23N5. The summed E-state index contributed by atoms with van der Waals surface area (Å²) in [6.07, 6.45) is 8.40. The number of allylic oxidation sites excluding steroid dienone is 2. The predicted octanol–water partition coefficient (Wildman–Crippen LogP) is 3.96. The van der Waals surface area contributed by atoms with E-state index >= 15 is 0 Å². The Bertz CT molecular complexity index is 752. The number of hydrogen-bond donors (Lipinski definition) is 1. The molecule has 0 aliphatic heterocycles. The summed E-state index contributed by atoms with van der Waals surface area (Å²) in [7, 11) is 1.91. The minimum Gasteiger partial charge on any atom is -0.354 e. The van der Waals surface area contributed by atoms with Gasteiger partial charge in [0, 0.05) is 42.6 Å². The summed E-state index contributed by atoms with van der Waals surface area (Å²) in [6, 6.07) is 3.88. The third-order valence-corrected chi connectivity index (χ3v) is 3.50. The van der Waals surface area contributed by atoms with Crippen molar-refractivity contribution in [3.63, 3.8) is 0 Å². The maximum absolute atomic E-state index is 4.54. The fourth-order valence-corrected chi connectivity index (χ4v) is 2.10. The molecule has 1 N–H and O–H groups in total. The Hall–Kier alpha value is -2.69. The Labute approximate surface area is 137 Å². The van der Waals surface area contributed by atoms with Crippen LogP contribution < -0.4 is 5.32 Å².